The first-order chi connectivity index (χ1) is 14.1. The van der Waals surface area contributed by atoms with Crippen LogP contribution in [0.5, 0.6) is 5.75 Å². The predicted octanol–water partition coefficient (Wildman–Crippen LogP) is 4.25. The Morgan fingerprint density at radius 3 is 2.76 bits per heavy atom. The van der Waals surface area contributed by atoms with Crippen molar-refractivity contribution in [1.29, 1.82) is 0 Å². The Labute approximate surface area is 167 Å². The molecule has 7 heteroatoms. The van der Waals surface area contributed by atoms with Crippen LogP contribution in [0.25, 0.3) is 22.0 Å². The molecule has 0 atom stereocenters. The van der Waals surface area contributed by atoms with Crippen molar-refractivity contribution in [1.82, 2.24) is 15.2 Å². The molecule has 0 bridgehead atoms. The number of methoxy groups -OCH3 is 1. The number of carboxylic acids is 1. The number of benzene rings is 2. The maximum atomic E-state index is 11.5. The molecule has 0 saturated heterocycles. The third-order valence-corrected chi connectivity index (χ3v) is 4.74. The monoisotopic (exact) mass is 388 g/mol. The van der Waals surface area contributed by atoms with Crippen LogP contribution in [-0.4, -0.2) is 33.4 Å². The Balaban J connectivity index is 1.62. The van der Waals surface area contributed by atoms with E-state index >= 15 is 0 Å². The number of aromatic amines is 1. The second kappa shape index (κ2) is 7.63. The first-order valence-electron chi connectivity index (χ1n) is 9.11. The van der Waals surface area contributed by atoms with Gasteiger partial charge in [0.25, 0.3) is 0 Å². The van der Waals surface area contributed by atoms with E-state index in [0.29, 0.717) is 23.2 Å². The van der Waals surface area contributed by atoms with E-state index in [-0.39, 0.29) is 5.69 Å². The van der Waals surface area contributed by atoms with Crippen LogP contribution in [0.1, 0.15) is 21.6 Å². The summed E-state index contributed by atoms with van der Waals surface area (Å²) in [6, 6.07) is 15.7. The van der Waals surface area contributed by atoms with E-state index in [4.69, 9.17) is 4.74 Å². The number of nitrogens with one attached hydrogen (secondary N) is 2. The highest BCUT2D eigenvalue weighted by Gasteiger charge is 2.20. The smallest absolute Gasteiger partial charge is 0.357 e. The number of aryl methyl sites for hydroxylation is 1. The molecule has 4 rings (SSSR count). The minimum absolute atomic E-state index is 0.0666. The van der Waals surface area contributed by atoms with Crippen LogP contribution in [0, 0.1) is 6.92 Å². The lowest BCUT2D eigenvalue weighted by Crippen LogP contribution is -2.01. The van der Waals surface area contributed by atoms with Gasteiger partial charge in [-0.2, -0.15) is 5.10 Å². The number of fused-ring (bicyclic) bond motifs is 1. The average Bonchev–Trinajstić information content (AvgIpc) is 3.18. The van der Waals surface area contributed by atoms with Gasteiger partial charge >= 0.3 is 5.97 Å². The van der Waals surface area contributed by atoms with E-state index in [1.165, 1.54) is 18.2 Å². The summed E-state index contributed by atoms with van der Waals surface area (Å²) in [7, 11) is 1.50. The van der Waals surface area contributed by atoms with Gasteiger partial charge in [-0.05, 0) is 36.8 Å². The molecule has 0 fully saturated rings. The number of hydrogen-bond acceptors (Lipinski definition) is 5. The molecule has 2 aromatic carbocycles. The van der Waals surface area contributed by atoms with Crippen molar-refractivity contribution in [2.75, 3.05) is 12.4 Å². The molecule has 4 aromatic rings. The first kappa shape index (κ1) is 18.5. The van der Waals surface area contributed by atoms with Gasteiger partial charge in [0.1, 0.15) is 11.6 Å². The molecule has 0 amide bonds. The third kappa shape index (κ3) is 3.62. The highest BCUT2D eigenvalue weighted by Crippen LogP contribution is 2.35. The van der Waals surface area contributed by atoms with E-state index < -0.39 is 5.97 Å². The molecule has 146 valence electrons. The van der Waals surface area contributed by atoms with E-state index in [1.54, 1.807) is 12.3 Å². The van der Waals surface area contributed by atoms with Gasteiger partial charge in [-0.15, -0.1) is 0 Å². The second-order valence-electron chi connectivity index (χ2n) is 6.72. The number of aromatic nitrogens is 3. The van der Waals surface area contributed by atoms with Crippen molar-refractivity contribution in [3.05, 3.63) is 71.5 Å². The van der Waals surface area contributed by atoms with E-state index in [0.717, 1.165) is 16.9 Å². The van der Waals surface area contributed by atoms with E-state index in [2.05, 4.69) is 45.6 Å². The zero-order valence-electron chi connectivity index (χ0n) is 16.1. The van der Waals surface area contributed by atoms with Crippen molar-refractivity contribution in [3.8, 4) is 16.9 Å². The van der Waals surface area contributed by atoms with Crippen molar-refractivity contribution >= 4 is 22.7 Å². The molecule has 2 aromatic heterocycles. The Morgan fingerprint density at radius 1 is 1.21 bits per heavy atom. The largest absolute Gasteiger partial charge is 0.496 e. The summed E-state index contributed by atoms with van der Waals surface area (Å²) in [6.45, 7) is 2.75. The fraction of sp³-hybridized carbons (Fsp3) is 0.136. The second-order valence-corrected chi connectivity index (χ2v) is 6.72. The number of H-pyrrole nitrogens is 1. The number of anilines is 1. The zero-order valence-corrected chi connectivity index (χ0v) is 16.1. The molecule has 0 aliphatic rings. The van der Waals surface area contributed by atoms with Crippen molar-refractivity contribution < 1.29 is 14.6 Å². The number of nitrogens with zero attached hydrogens (tertiary/aromatic N) is 2. The molecule has 7 nitrogen and oxygen atoms in total. The number of pyridine rings is 1. The van der Waals surface area contributed by atoms with E-state index in [1.807, 2.05) is 24.3 Å². The maximum Gasteiger partial charge on any atom is 0.357 e. The fourth-order valence-corrected chi connectivity index (χ4v) is 3.34. The zero-order chi connectivity index (χ0) is 20.4. The molecule has 0 aliphatic heterocycles. The van der Waals surface area contributed by atoms with Crippen LogP contribution in [0.2, 0.25) is 0 Å². The number of hydrogen-bond donors (Lipinski definition) is 3. The third-order valence-electron chi connectivity index (χ3n) is 4.74. The highest BCUT2D eigenvalue weighted by atomic mass is 16.5. The fourth-order valence-electron chi connectivity index (χ4n) is 3.34. The molecule has 0 radical (unpaired) electrons. The molecule has 0 aliphatic carbocycles. The summed E-state index contributed by atoms with van der Waals surface area (Å²) >= 11 is 0. The predicted molar refractivity (Wildman–Crippen MR) is 111 cm³/mol. The number of rotatable bonds is 6. The summed E-state index contributed by atoms with van der Waals surface area (Å²) in [5.41, 5.74) is 4.59. The summed E-state index contributed by atoms with van der Waals surface area (Å²) in [6.07, 6.45) is 1.75. The van der Waals surface area contributed by atoms with Gasteiger partial charge in [-0.3, -0.25) is 5.10 Å². The highest BCUT2D eigenvalue weighted by molar-refractivity contribution is 6.08. The van der Waals surface area contributed by atoms with Crippen molar-refractivity contribution in [3.63, 3.8) is 0 Å². The minimum atomic E-state index is -1.11. The maximum absolute atomic E-state index is 11.5. The van der Waals surface area contributed by atoms with E-state index in [9.17, 15) is 9.90 Å². The topological polar surface area (TPSA) is 100 Å². The van der Waals surface area contributed by atoms with Crippen LogP contribution in [0.15, 0.2) is 54.7 Å². The molecule has 2 heterocycles. The minimum Gasteiger partial charge on any atom is -0.496 e. The Morgan fingerprint density at radius 2 is 2.07 bits per heavy atom. The normalized spacial score (nSPS) is 10.8. The van der Waals surface area contributed by atoms with Gasteiger partial charge in [0.15, 0.2) is 5.69 Å². The molecule has 0 spiro atoms. The lowest BCUT2D eigenvalue weighted by molar-refractivity contribution is 0.0692. The molecule has 0 saturated carbocycles. The van der Waals surface area contributed by atoms with Crippen LogP contribution < -0.4 is 10.1 Å². The molecular formula is C22H20N4O3. The van der Waals surface area contributed by atoms with Gasteiger partial charge in [0.2, 0.25) is 0 Å². The summed E-state index contributed by atoms with van der Waals surface area (Å²) < 4.78 is 5.32. The Hall–Kier alpha value is -3.87. The van der Waals surface area contributed by atoms with Crippen molar-refractivity contribution in [2.45, 2.75) is 13.5 Å². The van der Waals surface area contributed by atoms with Gasteiger partial charge in [-0.1, -0.05) is 29.8 Å². The Kier molecular flexibility index (Phi) is 4.87. The van der Waals surface area contributed by atoms with Gasteiger partial charge in [0, 0.05) is 23.9 Å². The SMILES string of the molecule is COc1ccc(-c2ccc(NCc3cccc(C)c3)nc2)c2[nH]nc(C(=O)O)c12. The molecule has 29 heavy (non-hydrogen) atoms. The average molecular weight is 388 g/mol. The quantitative estimate of drug-likeness (QED) is 0.456. The van der Waals surface area contributed by atoms with Gasteiger partial charge in [-0.25, -0.2) is 9.78 Å². The summed E-state index contributed by atoms with van der Waals surface area (Å²) in [5, 5.41) is 19.9. The van der Waals surface area contributed by atoms with Crippen LogP contribution in [-0.2, 0) is 6.54 Å². The summed E-state index contributed by atoms with van der Waals surface area (Å²) in [5.74, 6) is 0.107. The molecule has 3 N–H and O–H groups in total. The first-order valence-corrected chi connectivity index (χ1v) is 9.11. The van der Waals surface area contributed by atoms with Crippen molar-refractivity contribution in [2.24, 2.45) is 0 Å². The number of carbonyl (C=O) groups is 1. The number of aromatic carboxylic acids is 1. The van der Waals surface area contributed by atoms with Crippen LogP contribution in [0.3, 0.4) is 0 Å². The van der Waals surface area contributed by atoms with Gasteiger partial charge < -0.3 is 15.2 Å². The number of ether oxygens (including phenoxy) is 1. The lowest BCUT2D eigenvalue weighted by Gasteiger charge is -2.09. The molecule has 0 unspecified atom stereocenters. The number of carboxylic acid groups (broad SMARTS) is 1. The summed E-state index contributed by atoms with van der Waals surface area (Å²) in [4.78, 5) is 16.0. The molecular weight excluding hydrogens is 368 g/mol. The lowest BCUT2D eigenvalue weighted by atomic mass is 10.0. The standard InChI is InChI=1S/C22H20N4O3/c1-13-4-3-5-14(10-13)11-23-18-9-6-15(12-24-18)16-7-8-17(29-2)19-20(16)25-26-21(19)22(27)28/h3-10,12H,11H2,1-2H3,(H,23,24)(H,25,26)(H,27,28). The van der Waals surface area contributed by atoms with Gasteiger partial charge in [0.05, 0.1) is 18.0 Å². The van der Waals surface area contributed by atoms with Crippen LogP contribution >= 0.6 is 0 Å². The van der Waals surface area contributed by atoms with Crippen LogP contribution in [0.4, 0.5) is 5.82 Å². The Bertz CT molecular complexity index is 1180.